The summed E-state index contributed by atoms with van der Waals surface area (Å²) in [5, 5.41) is 2.99. The lowest BCUT2D eigenvalue weighted by atomic mass is 10.1. The predicted octanol–water partition coefficient (Wildman–Crippen LogP) is 2.89. The van der Waals surface area contributed by atoms with Gasteiger partial charge in [0, 0.05) is 18.6 Å². The van der Waals surface area contributed by atoms with Crippen LogP contribution in [0.15, 0.2) is 42.5 Å². The van der Waals surface area contributed by atoms with Crippen LogP contribution in [0.1, 0.15) is 23.6 Å². The van der Waals surface area contributed by atoms with Gasteiger partial charge >= 0.3 is 0 Å². The smallest absolute Gasteiger partial charge is 0.244 e. The van der Waals surface area contributed by atoms with E-state index in [2.05, 4.69) is 5.32 Å². The Hall–Kier alpha value is -2.58. The van der Waals surface area contributed by atoms with E-state index in [1.165, 1.54) is 11.9 Å². The van der Waals surface area contributed by atoms with Crippen LogP contribution >= 0.6 is 11.6 Å². The molecule has 0 radical (unpaired) electrons. The highest BCUT2D eigenvalue weighted by atomic mass is 35.5. The van der Waals surface area contributed by atoms with Gasteiger partial charge in [0.25, 0.3) is 0 Å². The van der Waals surface area contributed by atoms with E-state index in [1.54, 1.807) is 44.2 Å². The molecule has 0 heterocycles. The first-order valence-electron chi connectivity index (χ1n) is 9.75. The van der Waals surface area contributed by atoms with Crippen LogP contribution in [0.3, 0.4) is 0 Å². The number of hydrogen-bond donors (Lipinski definition) is 1. The highest BCUT2D eigenvalue weighted by Crippen LogP contribution is 2.25. The molecular weight excluding hydrogens is 438 g/mol. The zero-order chi connectivity index (χ0) is 23.3. The van der Waals surface area contributed by atoms with Crippen LogP contribution in [0.2, 0.25) is 5.02 Å². The lowest BCUT2D eigenvalue weighted by Gasteiger charge is -2.32. The second kappa shape index (κ2) is 10.2. The van der Waals surface area contributed by atoms with Crippen molar-refractivity contribution in [2.75, 3.05) is 24.2 Å². The standard InChI is InChI=1S/C22H28ClN3O4S/c1-15-10-11-16(2)20(12-15)26(31(5,29)30)14-21(27)25(17(3)22(28)24-4)13-18-8-6-7-9-19(18)23/h6-12,17H,13-14H2,1-5H3,(H,24,28)/t17-/m0/s1. The van der Waals surface area contributed by atoms with Crippen molar-refractivity contribution in [3.05, 3.63) is 64.2 Å². The fraction of sp³-hybridized carbons (Fsp3) is 0.364. The summed E-state index contributed by atoms with van der Waals surface area (Å²) < 4.78 is 26.2. The molecule has 0 saturated carbocycles. The molecular formula is C22H28ClN3O4S. The van der Waals surface area contributed by atoms with Gasteiger partial charge in [-0.2, -0.15) is 0 Å². The largest absolute Gasteiger partial charge is 0.357 e. The number of amides is 2. The summed E-state index contributed by atoms with van der Waals surface area (Å²) in [6.45, 7) is 4.86. The SMILES string of the molecule is CNC(=O)[C@H](C)N(Cc1ccccc1Cl)C(=O)CN(c1cc(C)ccc1C)S(C)(=O)=O. The summed E-state index contributed by atoms with van der Waals surface area (Å²) >= 11 is 6.26. The number of likely N-dealkylation sites (N-methyl/N-ethyl adjacent to an activating group) is 1. The summed E-state index contributed by atoms with van der Waals surface area (Å²) in [7, 11) is -2.28. The molecule has 31 heavy (non-hydrogen) atoms. The molecule has 0 unspecified atom stereocenters. The predicted molar refractivity (Wildman–Crippen MR) is 124 cm³/mol. The van der Waals surface area contributed by atoms with Gasteiger partial charge in [0.2, 0.25) is 21.8 Å². The highest BCUT2D eigenvalue weighted by Gasteiger charge is 2.30. The van der Waals surface area contributed by atoms with Gasteiger partial charge in [-0.25, -0.2) is 8.42 Å². The molecule has 0 aliphatic heterocycles. The number of anilines is 1. The molecule has 1 atom stereocenters. The van der Waals surface area contributed by atoms with Crippen LogP contribution < -0.4 is 9.62 Å². The van der Waals surface area contributed by atoms with Crippen molar-refractivity contribution in [1.82, 2.24) is 10.2 Å². The number of rotatable bonds is 8. The molecule has 0 bridgehead atoms. The van der Waals surface area contributed by atoms with Crippen LogP contribution in [-0.4, -0.2) is 51.0 Å². The number of hydrogen-bond acceptors (Lipinski definition) is 4. The fourth-order valence-electron chi connectivity index (χ4n) is 3.18. The molecule has 9 heteroatoms. The van der Waals surface area contributed by atoms with Crippen molar-refractivity contribution < 1.29 is 18.0 Å². The van der Waals surface area contributed by atoms with Crippen molar-refractivity contribution in [3.63, 3.8) is 0 Å². The van der Waals surface area contributed by atoms with E-state index < -0.39 is 28.5 Å². The Balaban J connectivity index is 2.45. The van der Waals surface area contributed by atoms with E-state index in [-0.39, 0.29) is 12.5 Å². The average molecular weight is 466 g/mol. The molecule has 0 fully saturated rings. The maximum atomic E-state index is 13.3. The van der Waals surface area contributed by atoms with Crippen LogP contribution in [-0.2, 0) is 26.2 Å². The maximum Gasteiger partial charge on any atom is 0.244 e. The number of nitrogens with zero attached hydrogens (tertiary/aromatic N) is 2. The summed E-state index contributed by atoms with van der Waals surface area (Å²) in [4.78, 5) is 27.0. The van der Waals surface area contributed by atoms with Crippen LogP contribution in [0.25, 0.3) is 0 Å². The second-order valence-electron chi connectivity index (χ2n) is 7.46. The summed E-state index contributed by atoms with van der Waals surface area (Å²) in [5.41, 5.74) is 2.68. The normalized spacial score (nSPS) is 12.2. The Morgan fingerprint density at radius 3 is 2.35 bits per heavy atom. The fourth-order valence-corrected chi connectivity index (χ4v) is 4.28. The molecule has 0 aromatic heterocycles. The van der Waals surface area contributed by atoms with Crippen molar-refractivity contribution in [3.8, 4) is 0 Å². The van der Waals surface area contributed by atoms with Crippen LogP contribution in [0, 0.1) is 13.8 Å². The molecule has 0 aliphatic rings. The molecule has 2 aromatic rings. The van der Waals surface area contributed by atoms with Crippen molar-refractivity contribution >= 4 is 39.1 Å². The number of carbonyl (C=O) groups excluding carboxylic acids is 2. The van der Waals surface area contributed by atoms with E-state index in [1.807, 2.05) is 19.1 Å². The summed E-state index contributed by atoms with van der Waals surface area (Å²) in [6.07, 6.45) is 1.06. The topological polar surface area (TPSA) is 86.8 Å². The van der Waals surface area contributed by atoms with Gasteiger partial charge < -0.3 is 10.2 Å². The first-order chi connectivity index (χ1) is 14.5. The molecule has 0 saturated heterocycles. The Morgan fingerprint density at radius 1 is 1.13 bits per heavy atom. The zero-order valence-corrected chi connectivity index (χ0v) is 19.9. The van der Waals surface area contributed by atoms with E-state index in [0.717, 1.165) is 21.7 Å². The molecule has 0 aliphatic carbocycles. The van der Waals surface area contributed by atoms with Gasteiger partial charge in [0.05, 0.1) is 11.9 Å². The third-order valence-electron chi connectivity index (χ3n) is 5.02. The number of nitrogens with one attached hydrogen (secondary N) is 1. The second-order valence-corrected chi connectivity index (χ2v) is 9.78. The lowest BCUT2D eigenvalue weighted by molar-refractivity contribution is -0.139. The van der Waals surface area contributed by atoms with Crippen molar-refractivity contribution in [2.45, 2.75) is 33.4 Å². The van der Waals surface area contributed by atoms with Crippen LogP contribution in [0.4, 0.5) is 5.69 Å². The van der Waals surface area contributed by atoms with Gasteiger partial charge in [0.15, 0.2) is 0 Å². The first-order valence-corrected chi connectivity index (χ1v) is 12.0. The van der Waals surface area contributed by atoms with Crippen LogP contribution in [0.5, 0.6) is 0 Å². The van der Waals surface area contributed by atoms with E-state index >= 15 is 0 Å². The Kier molecular flexibility index (Phi) is 8.08. The van der Waals surface area contributed by atoms with Crippen molar-refractivity contribution in [1.29, 1.82) is 0 Å². The van der Waals surface area contributed by atoms with E-state index in [9.17, 15) is 18.0 Å². The Morgan fingerprint density at radius 2 is 1.77 bits per heavy atom. The maximum absolute atomic E-state index is 13.3. The molecule has 0 spiro atoms. The number of benzene rings is 2. The zero-order valence-electron chi connectivity index (χ0n) is 18.3. The quantitative estimate of drug-likeness (QED) is 0.649. The lowest BCUT2D eigenvalue weighted by Crippen LogP contribution is -2.50. The highest BCUT2D eigenvalue weighted by molar-refractivity contribution is 7.92. The number of halogens is 1. The van der Waals surface area contributed by atoms with Gasteiger partial charge in [-0.05, 0) is 49.6 Å². The van der Waals surface area contributed by atoms with Gasteiger partial charge in [-0.3, -0.25) is 13.9 Å². The first kappa shape index (κ1) is 24.7. The van der Waals surface area contributed by atoms with E-state index in [0.29, 0.717) is 16.3 Å². The minimum Gasteiger partial charge on any atom is -0.357 e. The third-order valence-corrected chi connectivity index (χ3v) is 6.52. The van der Waals surface area contributed by atoms with Gasteiger partial charge in [0.1, 0.15) is 12.6 Å². The number of aryl methyl sites for hydroxylation is 2. The third kappa shape index (κ3) is 6.21. The van der Waals surface area contributed by atoms with Crippen molar-refractivity contribution in [2.24, 2.45) is 0 Å². The Labute approximate surface area is 189 Å². The number of carbonyl (C=O) groups is 2. The minimum absolute atomic E-state index is 0.0670. The summed E-state index contributed by atoms with van der Waals surface area (Å²) in [5.74, 6) is -0.875. The Bertz CT molecular complexity index is 1070. The molecule has 1 N–H and O–H groups in total. The monoisotopic (exact) mass is 465 g/mol. The molecule has 2 rings (SSSR count). The average Bonchev–Trinajstić information content (AvgIpc) is 2.71. The minimum atomic E-state index is -3.76. The molecule has 2 amide bonds. The molecule has 168 valence electrons. The molecule has 7 nitrogen and oxygen atoms in total. The molecule has 2 aromatic carbocycles. The summed E-state index contributed by atoms with van der Waals surface area (Å²) in [6, 6.07) is 11.6. The van der Waals surface area contributed by atoms with Gasteiger partial charge in [-0.1, -0.05) is 41.9 Å². The van der Waals surface area contributed by atoms with E-state index in [4.69, 9.17) is 11.6 Å². The van der Waals surface area contributed by atoms with Gasteiger partial charge in [-0.15, -0.1) is 0 Å². The number of sulfonamides is 1.